The molecule has 0 heterocycles. The summed E-state index contributed by atoms with van der Waals surface area (Å²) in [6, 6.07) is 15.6. The summed E-state index contributed by atoms with van der Waals surface area (Å²) in [6.07, 6.45) is 1.40. The molecule has 118 valence electrons. The zero-order valence-electron chi connectivity index (χ0n) is 13.3. The molecule has 0 amide bonds. The maximum Gasteiger partial charge on any atom is 0.216 e. The highest BCUT2D eigenvalue weighted by molar-refractivity contribution is 7.95. The number of hydrogen-bond donors (Lipinski definition) is 0. The SMILES string of the molecule is Cc1ccc(S(=O)(=O)C(C#N)=Cc2ccc(N(C)C)cc2)cc1. The maximum atomic E-state index is 12.6. The average Bonchev–Trinajstić information content (AvgIpc) is 2.53. The van der Waals surface area contributed by atoms with Gasteiger partial charge in [0.05, 0.1) is 4.90 Å². The number of aryl methyl sites for hydroxylation is 1. The standard InChI is InChI=1S/C18H18N2O2S/c1-14-4-10-17(11-5-14)23(21,22)18(13-19)12-15-6-8-16(9-7-15)20(2)3/h4-12H,1-3H3. The summed E-state index contributed by atoms with van der Waals surface area (Å²) >= 11 is 0. The molecule has 0 radical (unpaired) electrons. The van der Waals surface area contributed by atoms with Crippen LogP contribution in [0.5, 0.6) is 0 Å². The molecule has 5 heteroatoms. The van der Waals surface area contributed by atoms with Crippen molar-refractivity contribution in [3.8, 4) is 6.07 Å². The number of allylic oxidation sites excluding steroid dienone is 1. The summed E-state index contributed by atoms with van der Waals surface area (Å²) in [5, 5.41) is 9.28. The minimum atomic E-state index is -3.80. The lowest BCUT2D eigenvalue weighted by molar-refractivity contribution is 0.603. The first-order valence-corrected chi connectivity index (χ1v) is 8.54. The Kier molecular flexibility index (Phi) is 4.87. The first-order valence-electron chi connectivity index (χ1n) is 7.05. The average molecular weight is 326 g/mol. The second kappa shape index (κ2) is 6.67. The van der Waals surface area contributed by atoms with Crippen LogP contribution in [0.4, 0.5) is 5.69 Å². The fourth-order valence-corrected chi connectivity index (χ4v) is 3.19. The summed E-state index contributed by atoms with van der Waals surface area (Å²) in [6.45, 7) is 1.88. The molecular formula is C18H18N2O2S. The molecule has 0 unspecified atom stereocenters. The van der Waals surface area contributed by atoms with E-state index in [0.29, 0.717) is 5.56 Å². The predicted octanol–water partition coefficient (Wildman–Crippen LogP) is 3.40. The van der Waals surface area contributed by atoms with E-state index in [1.54, 1.807) is 30.3 Å². The van der Waals surface area contributed by atoms with Crippen molar-refractivity contribution >= 4 is 21.6 Å². The number of anilines is 1. The normalized spacial score (nSPS) is 11.8. The van der Waals surface area contributed by atoms with Gasteiger partial charge in [-0.1, -0.05) is 29.8 Å². The number of rotatable bonds is 4. The molecule has 0 atom stereocenters. The Morgan fingerprint density at radius 2 is 1.61 bits per heavy atom. The Bertz CT molecular complexity index is 857. The van der Waals surface area contributed by atoms with E-state index in [1.165, 1.54) is 18.2 Å². The second-order valence-electron chi connectivity index (χ2n) is 5.42. The van der Waals surface area contributed by atoms with E-state index in [0.717, 1.165) is 11.3 Å². The molecule has 0 aromatic heterocycles. The van der Waals surface area contributed by atoms with E-state index in [-0.39, 0.29) is 9.80 Å². The summed E-state index contributed by atoms with van der Waals surface area (Å²) in [5.74, 6) is 0. The monoisotopic (exact) mass is 326 g/mol. The molecule has 0 aliphatic heterocycles. The van der Waals surface area contributed by atoms with Crippen LogP contribution >= 0.6 is 0 Å². The number of hydrogen-bond acceptors (Lipinski definition) is 4. The van der Waals surface area contributed by atoms with Gasteiger partial charge in [0.25, 0.3) is 0 Å². The third-order valence-corrected chi connectivity index (χ3v) is 5.12. The van der Waals surface area contributed by atoms with Gasteiger partial charge in [-0.3, -0.25) is 0 Å². The second-order valence-corrected chi connectivity index (χ2v) is 7.34. The topological polar surface area (TPSA) is 61.2 Å². The van der Waals surface area contributed by atoms with Gasteiger partial charge in [-0.05, 0) is 42.8 Å². The molecule has 2 aromatic rings. The van der Waals surface area contributed by atoms with Crippen molar-refractivity contribution in [3.63, 3.8) is 0 Å². The Hall–Kier alpha value is -2.58. The molecule has 23 heavy (non-hydrogen) atoms. The third kappa shape index (κ3) is 3.79. The smallest absolute Gasteiger partial charge is 0.216 e. The van der Waals surface area contributed by atoms with Gasteiger partial charge in [0, 0.05) is 19.8 Å². The molecule has 0 fully saturated rings. The molecule has 0 saturated carbocycles. The Labute approximate surface area is 137 Å². The number of sulfone groups is 1. The summed E-state index contributed by atoms with van der Waals surface area (Å²) in [4.78, 5) is 1.81. The van der Waals surface area contributed by atoms with Gasteiger partial charge >= 0.3 is 0 Å². The lowest BCUT2D eigenvalue weighted by Gasteiger charge is -2.12. The lowest BCUT2D eigenvalue weighted by Crippen LogP contribution is -2.08. The van der Waals surface area contributed by atoms with Crippen LogP contribution in [0.2, 0.25) is 0 Å². The third-order valence-electron chi connectivity index (χ3n) is 3.44. The first kappa shape index (κ1) is 16.8. The maximum absolute atomic E-state index is 12.6. The van der Waals surface area contributed by atoms with Crippen LogP contribution in [-0.2, 0) is 9.84 Å². The van der Waals surface area contributed by atoms with E-state index < -0.39 is 9.84 Å². The molecule has 0 N–H and O–H groups in total. The van der Waals surface area contributed by atoms with Crippen molar-refractivity contribution in [2.75, 3.05) is 19.0 Å². The molecular weight excluding hydrogens is 308 g/mol. The van der Waals surface area contributed by atoms with Gasteiger partial charge in [0.1, 0.15) is 11.0 Å². The van der Waals surface area contributed by atoms with Crippen LogP contribution in [-0.4, -0.2) is 22.5 Å². The van der Waals surface area contributed by atoms with Crippen LogP contribution in [0.3, 0.4) is 0 Å². The van der Waals surface area contributed by atoms with Crippen molar-refractivity contribution in [2.45, 2.75) is 11.8 Å². The van der Waals surface area contributed by atoms with E-state index in [9.17, 15) is 13.7 Å². The molecule has 2 rings (SSSR count). The summed E-state index contributed by atoms with van der Waals surface area (Å²) < 4.78 is 25.1. The summed E-state index contributed by atoms with van der Waals surface area (Å²) in [7, 11) is 0.0451. The quantitative estimate of drug-likeness (QED) is 0.808. The zero-order valence-corrected chi connectivity index (χ0v) is 14.1. The predicted molar refractivity (Wildman–Crippen MR) is 92.7 cm³/mol. The molecule has 0 spiro atoms. The van der Waals surface area contributed by atoms with Crippen molar-refractivity contribution in [3.05, 3.63) is 64.6 Å². The van der Waals surface area contributed by atoms with Crippen molar-refractivity contribution in [1.82, 2.24) is 0 Å². The molecule has 0 aliphatic carbocycles. The van der Waals surface area contributed by atoms with Crippen molar-refractivity contribution in [1.29, 1.82) is 5.26 Å². The van der Waals surface area contributed by atoms with Crippen LogP contribution in [0, 0.1) is 18.3 Å². The van der Waals surface area contributed by atoms with Gasteiger partial charge in [0.2, 0.25) is 9.84 Å². The van der Waals surface area contributed by atoms with Gasteiger partial charge in [-0.25, -0.2) is 8.42 Å². The Balaban J connectivity index is 2.42. The molecule has 0 saturated heterocycles. The van der Waals surface area contributed by atoms with E-state index in [2.05, 4.69) is 0 Å². The zero-order chi connectivity index (χ0) is 17.0. The van der Waals surface area contributed by atoms with Gasteiger partial charge in [-0.15, -0.1) is 0 Å². The van der Waals surface area contributed by atoms with Gasteiger partial charge < -0.3 is 4.90 Å². The highest BCUT2D eigenvalue weighted by Gasteiger charge is 2.20. The van der Waals surface area contributed by atoms with E-state index in [1.807, 2.05) is 38.1 Å². The van der Waals surface area contributed by atoms with Crippen LogP contribution in [0.1, 0.15) is 11.1 Å². The van der Waals surface area contributed by atoms with Crippen LogP contribution in [0.25, 0.3) is 6.08 Å². The van der Waals surface area contributed by atoms with E-state index >= 15 is 0 Å². The Morgan fingerprint density at radius 1 is 1.04 bits per heavy atom. The molecule has 0 aliphatic rings. The Morgan fingerprint density at radius 3 is 2.09 bits per heavy atom. The minimum Gasteiger partial charge on any atom is -0.378 e. The van der Waals surface area contributed by atoms with E-state index in [4.69, 9.17) is 0 Å². The fourth-order valence-electron chi connectivity index (χ4n) is 2.03. The van der Waals surface area contributed by atoms with Crippen molar-refractivity contribution < 1.29 is 8.42 Å². The number of nitrogens with zero attached hydrogens (tertiary/aromatic N) is 2. The fraction of sp³-hybridized carbons (Fsp3) is 0.167. The van der Waals surface area contributed by atoms with Crippen LogP contribution in [0.15, 0.2) is 58.3 Å². The molecule has 4 nitrogen and oxygen atoms in total. The highest BCUT2D eigenvalue weighted by atomic mass is 32.2. The summed E-state index contributed by atoms with van der Waals surface area (Å²) in [5.41, 5.74) is 2.63. The largest absolute Gasteiger partial charge is 0.378 e. The van der Waals surface area contributed by atoms with Gasteiger partial charge in [0.15, 0.2) is 0 Å². The molecule has 2 aromatic carbocycles. The lowest BCUT2D eigenvalue weighted by atomic mass is 10.2. The molecule has 0 bridgehead atoms. The highest BCUT2D eigenvalue weighted by Crippen LogP contribution is 2.22. The van der Waals surface area contributed by atoms with Crippen molar-refractivity contribution in [2.24, 2.45) is 0 Å². The number of nitriles is 1. The first-order chi connectivity index (χ1) is 10.8. The minimum absolute atomic E-state index is 0.126. The van der Waals surface area contributed by atoms with Gasteiger partial charge in [-0.2, -0.15) is 5.26 Å². The number of benzene rings is 2. The van der Waals surface area contributed by atoms with Crippen LogP contribution < -0.4 is 4.90 Å².